The monoisotopic (exact) mass is 261 g/mol. The van der Waals surface area contributed by atoms with Crippen LogP contribution in [0.5, 0.6) is 5.75 Å². The minimum atomic E-state index is 0.432. The second-order valence-electron chi connectivity index (χ2n) is 5.53. The fourth-order valence-electron chi connectivity index (χ4n) is 2.98. The van der Waals surface area contributed by atoms with Crippen LogP contribution in [0.3, 0.4) is 0 Å². The fourth-order valence-corrected chi connectivity index (χ4v) is 2.98. The Hall–Kier alpha value is -1.26. The summed E-state index contributed by atoms with van der Waals surface area (Å²) in [4.78, 5) is 4.82. The van der Waals surface area contributed by atoms with Gasteiger partial charge >= 0.3 is 0 Å². The third-order valence-corrected chi connectivity index (χ3v) is 4.14. The molecule has 2 aliphatic heterocycles. The molecule has 0 spiro atoms. The summed E-state index contributed by atoms with van der Waals surface area (Å²) in [5.74, 6) is 0.432. The third kappa shape index (κ3) is 3.01. The van der Waals surface area contributed by atoms with Gasteiger partial charge in [-0.3, -0.25) is 4.90 Å². The second-order valence-corrected chi connectivity index (χ2v) is 5.53. The van der Waals surface area contributed by atoms with Crippen molar-refractivity contribution in [3.63, 3.8) is 0 Å². The Morgan fingerprint density at radius 2 is 1.79 bits per heavy atom. The Bertz CT molecular complexity index is 423. The lowest BCUT2D eigenvalue weighted by Gasteiger charge is -2.28. The van der Waals surface area contributed by atoms with Crippen molar-refractivity contribution in [1.29, 1.82) is 0 Å². The molecule has 0 radical (unpaired) electrons. The molecule has 0 bridgehead atoms. The summed E-state index contributed by atoms with van der Waals surface area (Å²) >= 11 is 0. The van der Waals surface area contributed by atoms with E-state index in [0.717, 1.165) is 51.4 Å². The largest absolute Gasteiger partial charge is 0.508 e. The predicted molar refractivity (Wildman–Crippen MR) is 77.7 cm³/mol. The highest BCUT2D eigenvalue weighted by Gasteiger charge is 2.16. The van der Waals surface area contributed by atoms with Crippen LogP contribution in [0.15, 0.2) is 18.2 Å². The van der Waals surface area contributed by atoms with E-state index in [2.05, 4.69) is 21.2 Å². The second kappa shape index (κ2) is 5.80. The molecule has 4 nitrogen and oxygen atoms in total. The number of nitrogens with one attached hydrogen (secondary N) is 1. The SMILES string of the molecule is Oc1ccc(N2CCCC2)cc1CN1CCNCC1. The normalized spacial score (nSPS) is 20.9. The van der Waals surface area contributed by atoms with Crippen molar-refractivity contribution in [3.8, 4) is 5.75 Å². The molecule has 0 unspecified atom stereocenters. The Morgan fingerprint density at radius 3 is 2.53 bits per heavy atom. The molecule has 2 saturated heterocycles. The highest BCUT2D eigenvalue weighted by atomic mass is 16.3. The smallest absolute Gasteiger partial charge is 0.120 e. The van der Waals surface area contributed by atoms with Crippen LogP contribution in [0.2, 0.25) is 0 Å². The first-order valence-corrected chi connectivity index (χ1v) is 7.33. The van der Waals surface area contributed by atoms with Crippen LogP contribution < -0.4 is 10.2 Å². The number of benzene rings is 1. The molecule has 2 heterocycles. The van der Waals surface area contributed by atoms with Crippen LogP contribution in [-0.4, -0.2) is 49.3 Å². The van der Waals surface area contributed by atoms with Crippen LogP contribution in [0.25, 0.3) is 0 Å². The topological polar surface area (TPSA) is 38.7 Å². The van der Waals surface area contributed by atoms with Gasteiger partial charge in [0.2, 0.25) is 0 Å². The Kier molecular flexibility index (Phi) is 3.89. The van der Waals surface area contributed by atoms with E-state index in [1.807, 2.05) is 12.1 Å². The van der Waals surface area contributed by atoms with Gasteiger partial charge in [0.15, 0.2) is 0 Å². The Balaban J connectivity index is 1.73. The van der Waals surface area contributed by atoms with Crippen LogP contribution in [0.4, 0.5) is 5.69 Å². The first-order chi connectivity index (χ1) is 9.33. The van der Waals surface area contributed by atoms with Crippen LogP contribution in [0.1, 0.15) is 18.4 Å². The molecule has 4 heteroatoms. The van der Waals surface area contributed by atoms with E-state index in [1.54, 1.807) is 0 Å². The van der Waals surface area contributed by atoms with Crippen molar-refractivity contribution in [2.24, 2.45) is 0 Å². The molecule has 2 fully saturated rings. The minimum absolute atomic E-state index is 0.432. The van der Waals surface area contributed by atoms with E-state index in [0.29, 0.717) is 5.75 Å². The summed E-state index contributed by atoms with van der Waals surface area (Å²) in [6, 6.07) is 6.07. The minimum Gasteiger partial charge on any atom is -0.508 e. The number of rotatable bonds is 3. The number of piperazine rings is 1. The van der Waals surface area contributed by atoms with Crippen molar-refractivity contribution in [3.05, 3.63) is 23.8 Å². The molecule has 2 aliphatic rings. The summed E-state index contributed by atoms with van der Waals surface area (Å²) in [6.45, 7) is 7.38. The molecule has 0 aromatic heterocycles. The van der Waals surface area contributed by atoms with E-state index < -0.39 is 0 Å². The van der Waals surface area contributed by atoms with Crippen molar-refractivity contribution in [2.75, 3.05) is 44.2 Å². The number of nitrogens with zero attached hydrogens (tertiary/aromatic N) is 2. The van der Waals surface area contributed by atoms with E-state index in [-0.39, 0.29) is 0 Å². The zero-order valence-electron chi connectivity index (χ0n) is 11.4. The quantitative estimate of drug-likeness (QED) is 0.862. The molecular formula is C15H23N3O. The summed E-state index contributed by atoms with van der Waals surface area (Å²) < 4.78 is 0. The lowest BCUT2D eigenvalue weighted by atomic mass is 10.1. The van der Waals surface area contributed by atoms with Gasteiger partial charge in [0.05, 0.1) is 0 Å². The van der Waals surface area contributed by atoms with Gasteiger partial charge in [-0.1, -0.05) is 0 Å². The standard InChI is InChI=1S/C15H23N3O/c19-15-4-3-14(18-7-1-2-8-18)11-13(15)12-17-9-5-16-6-10-17/h3-4,11,16,19H,1-2,5-10,12H2. The number of aromatic hydroxyl groups is 1. The summed E-state index contributed by atoms with van der Waals surface area (Å²) in [6.07, 6.45) is 2.57. The van der Waals surface area contributed by atoms with Gasteiger partial charge in [-0.25, -0.2) is 0 Å². The highest BCUT2D eigenvalue weighted by Crippen LogP contribution is 2.27. The van der Waals surface area contributed by atoms with Gasteiger partial charge in [-0.15, -0.1) is 0 Å². The molecule has 2 N–H and O–H groups in total. The molecule has 1 aromatic carbocycles. The van der Waals surface area contributed by atoms with Crippen molar-refractivity contribution >= 4 is 5.69 Å². The van der Waals surface area contributed by atoms with Gasteiger partial charge in [0, 0.05) is 57.1 Å². The fraction of sp³-hybridized carbons (Fsp3) is 0.600. The maximum absolute atomic E-state index is 10.0. The van der Waals surface area contributed by atoms with Crippen LogP contribution in [0, 0.1) is 0 Å². The van der Waals surface area contributed by atoms with Crippen molar-refractivity contribution in [2.45, 2.75) is 19.4 Å². The molecule has 19 heavy (non-hydrogen) atoms. The summed E-state index contributed by atoms with van der Waals surface area (Å²) in [5, 5.41) is 13.4. The Morgan fingerprint density at radius 1 is 1.05 bits per heavy atom. The average Bonchev–Trinajstić information content (AvgIpc) is 2.96. The van der Waals surface area contributed by atoms with Gasteiger partial charge in [-0.2, -0.15) is 0 Å². The zero-order chi connectivity index (χ0) is 13.1. The number of anilines is 1. The third-order valence-electron chi connectivity index (χ3n) is 4.14. The van der Waals surface area contributed by atoms with E-state index >= 15 is 0 Å². The molecule has 104 valence electrons. The summed E-state index contributed by atoms with van der Waals surface area (Å²) in [7, 11) is 0. The van der Waals surface area contributed by atoms with Crippen LogP contribution in [-0.2, 0) is 6.54 Å². The van der Waals surface area contributed by atoms with E-state index in [4.69, 9.17) is 0 Å². The van der Waals surface area contributed by atoms with Crippen molar-refractivity contribution in [1.82, 2.24) is 10.2 Å². The lowest BCUT2D eigenvalue weighted by molar-refractivity contribution is 0.230. The molecule has 0 atom stereocenters. The van der Waals surface area contributed by atoms with Gasteiger partial charge in [0.25, 0.3) is 0 Å². The Labute approximate surface area is 115 Å². The van der Waals surface area contributed by atoms with Gasteiger partial charge < -0.3 is 15.3 Å². The number of hydrogen-bond acceptors (Lipinski definition) is 4. The number of hydrogen-bond donors (Lipinski definition) is 2. The first-order valence-electron chi connectivity index (χ1n) is 7.33. The van der Waals surface area contributed by atoms with Gasteiger partial charge in [-0.05, 0) is 31.0 Å². The van der Waals surface area contributed by atoms with Gasteiger partial charge in [0.1, 0.15) is 5.75 Å². The lowest BCUT2D eigenvalue weighted by Crippen LogP contribution is -2.42. The molecule has 1 aromatic rings. The summed E-state index contributed by atoms with van der Waals surface area (Å²) in [5.41, 5.74) is 2.33. The molecule has 3 rings (SSSR count). The zero-order valence-corrected chi connectivity index (χ0v) is 11.4. The maximum Gasteiger partial charge on any atom is 0.120 e. The molecule has 0 amide bonds. The number of phenolic OH excluding ortho intramolecular Hbond substituents is 1. The molecular weight excluding hydrogens is 238 g/mol. The maximum atomic E-state index is 10.0. The highest BCUT2D eigenvalue weighted by molar-refractivity contribution is 5.53. The molecule has 0 aliphatic carbocycles. The predicted octanol–water partition coefficient (Wildman–Crippen LogP) is 1.40. The van der Waals surface area contributed by atoms with Crippen LogP contribution >= 0.6 is 0 Å². The number of phenols is 1. The molecule has 0 saturated carbocycles. The van der Waals surface area contributed by atoms with Crippen molar-refractivity contribution < 1.29 is 5.11 Å². The first kappa shape index (κ1) is 12.8. The van der Waals surface area contributed by atoms with E-state index in [9.17, 15) is 5.11 Å². The van der Waals surface area contributed by atoms with E-state index in [1.165, 1.54) is 18.5 Å². The average molecular weight is 261 g/mol.